The summed E-state index contributed by atoms with van der Waals surface area (Å²) < 4.78 is 11.0. The molecule has 0 radical (unpaired) electrons. The Kier molecular flexibility index (Phi) is 15.4. The molecule has 0 aromatic heterocycles. The van der Waals surface area contributed by atoms with Crippen molar-refractivity contribution in [1.82, 2.24) is 21.3 Å². The van der Waals surface area contributed by atoms with Gasteiger partial charge < -0.3 is 35.8 Å². The third-order valence-electron chi connectivity index (χ3n) is 9.39. The van der Waals surface area contributed by atoms with E-state index in [0.717, 1.165) is 49.7 Å². The molecule has 4 amide bonds. The van der Waals surface area contributed by atoms with Gasteiger partial charge in [-0.1, -0.05) is 107 Å². The molecule has 11 heteroatoms. The van der Waals surface area contributed by atoms with Gasteiger partial charge in [0.05, 0.1) is 24.7 Å². The Morgan fingerprint density at radius 1 is 0.837 bits per heavy atom. The number of ether oxygens (including phenoxy) is 2. The molecule has 5 atom stereocenters. The van der Waals surface area contributed by atoms with Gasteiger partial charge in [-0.25, -0.2) is 4.79 Å². The van der Waals surface area contributed by atoms with E-state index in [4.69, 9.17) is 9.47 Å². The fourth-order valence-corrected chi connectivity index (χ4v) is 6.57. The summed E-state index contributed by atoms with van der Waals surface area (Å²) in [5.74, 6) is -1.19. The highest BCUT2D eigenvalue weighted by molar-refractivity contribution is 5.88. The maximum atomic E-state index is 13.6. The third kappa shape index (κ3) is 13.1. The van der Waals surface area contributed by atoms with E-state index in [1.54, 1.807) is 13.8 Å². The van der Waals surface area contributed by atoms with Gasteiger partial charge in [-0.3, -0.25) is 14.4 Å². The molecule has 1 aliphatic carbocycles. The number of nitrogens with one attached hydrogen (secondary N) is 4. The van der Waals surface area contributed by atoms with Crippen LogP contribution in [0.15, 0.2) is 60.7 Å². The second kappa shape index (κ2) is 19.9. The van der Waals surface area contributed by atoms with E-state index in [1.165, 1.54) is 6.42 Å². The van der Waals surface area contributed by atoms with Gasteiger partial charge in [0.1, 0.15) is 18.7 Å². The molecule has 0 unspecified atom stereocenters. The maximum Gasteiger partial charge on any atom is 0.408 e. The van der Waals surface area contributed by atoms with Crippen molar-refractivity contribution in [2.24, 2.45) is 11.8 Å². The number of amides is 4. The Morgan fingerprint density at radius 3 is 2.14 bits per heavy atom. The number of hydrogen-bond donors (Lipinski definition) is 5. The summed E-state index contributed by atoms with van der Waals surface area (Å²) in [6.07, 6.45) is 5.73. The number of carbonyl (C=O) groups is 4. The summed E-state index contributed by atoms with van der Waals surface area (Å²) in [6, 6.07) is 16.0. The Balaban J connectivity index is 1.39. The first-order valence-corrected chi connectivity index (χ1v) is 17.9. The second-order valence-corrected chi connectivity index (χ2v) is 13.7. The fourth-order valence-electron chi connectivity index (χ4n) is 6.57. The minimum atomic E-state index is -1.27. The number of hydrogen-bond acceptors (Lipinski definition) is 7. The van der Waals surface area contributed by atoms with Crippen LogP contribution in [0.5, 0.6) is 0 Å². The molecule has 1 heterocycles. The van der Waals surface area contributed by atoms with Crippen LogP contribution >= 0.6 is 0 Å². The predicted octanol–water partition coefficient (Wildman–Crippen LogP) is 4.17. The van der Waals surface area contributed by atoms with E-state index < -0.39 is 42.1 Å². The second-order valence-electron chi connectivity index (χ2n) is 13.7. The average Bonchev–Trinajstić information content (AvgIpc) is 3.63. The van der Waals surface area contributed by atoms with Crippen LogP contribution < -0.4 is 21.3 Å². The zero-order valence-electron chi connectivity index (χ0n) is 28.9. The first kappa shape index (κ1) is 37.9. The molecule has 2 aromatic carbocycles. The molecule has 1 aliphatic heterocycles. The van der Waals surface area contributed by atoms with E-state index >= 15 is 0 Å². The van der Waals surface area contributed by atoms with Crippen molar-refractivity contribution in [3.05, 3.63) is 71.8 Å². The molecule has 1 saturated carbocycles. The van der Waals surface area contributed by atoms with Gasteiger partial charge in [0.25, 0.3) is 0 Å². The van der Waals surface area contributed by atoms with Gasteiger partial charge in [-0.15, -0.1) is 0 Å². The largest absolute Gasteiger partial charge is 0.445 e. The molecule has 5 N–H and O–H groups in total. The summed E-state index contributed by atoms with van der Waals surface area (Å²) in [7, 11) is 0. The number of aliphatic hydroxyl groups excluding tert-OH is 1. The average molecular weight is 679 g/mol. The lowest BCUT2D eigenvalue weighted by Gasteiger charge is -2.29. The van der Waals surface area contributed by atoms with Crippen LogP contribution in [0.25, 0.3) is 0 Å². The van der Waals surface area contributed by atoms with Gasteiger partial charge in [0, 0.05) is 13.2 Å². The minimum Gasteiger partial charge on any atom is -0.445 e. The maximum absolute atomic E-state index is 13.6. The van der Waals surface area contributed by atoms with Crippen LogP contribution in [0.3, 0.4) is 0 Å². The number of aliphatic hydroxyl groups is 1. The lowest BCUT2D eigenvalue weighted by molar-refractivity contribution is -0.131. The Labute approximate surface area is 290 Å². The lowest BCUT2D eigenvalue weighted by atomic mass is 9.84. The number of carbonyl (C=O) groups excluding carboxylic acids is 4. The normalized spacial score (nSPS) is 18.9. The first-order valence-electron chi connectivity index (χ1n) is 17.9. The first-order chi connectivity index (χ1) is 23.7. The highest BCUT2D eigenvalue weighted by atomic mass is 16.5. The zero-order chi connectivity index (χ0) is 35.0. The van der Waals surface area contributed by atoms with Crippen LogP contribution in [0.2, 0.25) is 0 Å². The predicted molar refractivity (Wildman–Crippen MR) is 186 cm³/mol. The van der Waals surface area contributed by atoms with Crippen LogP contribution in [0.4, 0.5) is 4.79 Å². The summed E-state index contributed by atoms with van der Waals surface area (Å²) in [6.45, 7) is 4.74. The van der Waals surface area contributed by atoms with Crippen molar-refractivity contribution in [3.8, 4) is 0 Å². The molecular formula is C38H54N4O7. The molecule has 11 nitrogen and oxygen atoms in total. The lowest BCUT2D eigenvalue weighted by Crippen LogP contribution is -2.56. The highest BCUT2D eigenvalue weighted by Crippen LogP contribution is 2.27. The van der Waals surface area contributed by atoms with Crippen molar-refractivity contribution < 1.29 is 33.8 Å². The number of benzene rings is 2. The quantitative estimate of drug-likeness (QED) is 0.168. The van der Waals surface area contributed by atoms with Gasteiger partial charge in [-0.05, 0) is 48.6 Å². The van der Waals surface area contributed by atoms with Crippen LogP contribution in [-0.4, -0.2) is 72.4 Å². The monoisotopic (exact) mass is 678 g/mol. The molecule has 2 fully saturated rings. The van der Waals surface area contributed by atoms with Crippen LogP contribution in [0.1, 0.15) is 82.8 Å². The zero-order valence-corrected chi connectivity index (χ0v) is 28.9. The molecular weight excluding hydrogens is 624 g/mol. The SMILES string of the molecule is CC(C)[C@H](NC(=O)OCc1ccccc1)C(=O)N[C@@H](Cc1ccccc1)[C@@H](O)CC(=O)N[C@@H](CC1CCCCC1)C(=O)NC[C@@H]1CCCO1. The molecule has 49 heavy (non-hydrogen) atoms. The van der Waals surface area contributed by atoms with E-state index in [-0.39, 0.29) is 37.4 Å². The van der Waals surface area contributed by atoms with Crippen LogP contribution in [-0.2, 0) is 36.9 Å². The van der Waals surface area contributed by atoms with E-state index in [9.17, 15) is 24.3 Å². The molecule has 4 rings (SSSR count). The van der Waals surface area contributed by atoms with E-state index in [1.807, 2.05) is 60.7 Å². The number of alkyl carbamates (subject to hydrolysis) is 1. The standard InChI is InChI=1S/C38H54N4O7/c1-26(2)35(42-38(47)49-25-29-17-10-5-11-18-29)37(46)41-31(21-27-13-6-3-7-14-27)33(43)23-34(44)40-32(22-28-15-8-4-9-16-28)36(45)39-24-30-19-12-20-48-30/h3,5-7,10-11,13-14,17-18,26,28,30-33,35,43H,4,8-9,12,15-16,19-25H2,1-2H3,(H,39,45)(H,40,44)(H,41,46)(H,42,47)/t30-,31-,32-,33-,35-/m0/s1. The summed E-state index contributed by atoms with van der Waals surface area (Å²) in [5.41, 5.74) is 1.67. The molecule has 2 aliphatic rings. The van der Waals surface area contributed by atoms with Gasteiger partial charge in [0.15, 0.2) is 0 Å². The molecule has 268 valence electrons. The van der Waals surface area contributed by atoms with Crippen molar-refractivity contribution in [3.63, 3.8) is 0 Å². The van der Waals surface area contributed by atoms with Crippen molar-refractivity contribution in [2.75, 3.05) is 13.2 Å². The van der Waals surface area contributed by atoms with Crippen LogP contribution in [0, 0.1) is 11.8 Å². The molecule has 0 spiro atoms. The Hall–Kier alpha value is -3.96. The van der Waals surface area contributed by atoms with Crippen molar-refractivity contribution in [2.45, 2.75) is 115 Å². The van der Waals surface area contributed by atoms with Crippen molar-refractivity contribution >= 4 is 23.8 Å². The summed E-state index contributed by atoms with van der Waals surface area (Å²) >= 11 is 0. The third-order valence-corrected chi connectivity index (χ3v) is 9.39. The highest BCUT2D eigenvalue weighted by Gasteiger charge is 2.32. The minimum absolute atomic E-state index is 0.0194. The summed E-state index contributed by atoms with van der Waals surface area (Å²) in [4.78, 5) is 53.0. The van der Waals surface area contributed by atoms with Gasteiger partial charge in [0.2, 0.25) is 17.7 Å². The fraction of sp³-hybridized carbons (Fsp3) is 0.579. The van der Waals surface area contributed by atoms with Gasteiger partial charge >= 0.3 is 6.09 Å². The van der Waals surface area contributed by atoms with E-state index in [2.05, 4.69) is 21.3 Å². The molecule has 0 bridgehead atoms. The molecule has 1 saturated heterocycles. The van der Waals surface area contributed by atoms with Crippen molar-refractivity contribution in [1.29, 1.82) is 0 Å². The smallest absolute Gasteiger partial charge is 0.408 e. The Bertz CT molecular complexity index is 1310. The topological polar surface area (TPSA) is 155 Å². The summed E-state index contributed by atoms with van der Waals surface area (Å²) in [5, 5.41) is 22.8. The number of rotatable bonds is 17. The van der Waals surface area contributed by atoms with Gasteiger partial charge in [-0.2, -0.15) is 0 Å². The molecule has 2 aromatic rings. The Morgan fingerprint density at radius 2 is 1.51 bits per heavy atom. The van der Waals surface area contributed by atoms with E-state index in [0.29, 0.717) is 25.5 Å².